The van der Waals surface area contributed by atoms with Gasteiger partial charge in [0.05, 0.1) is 4.88 Å². The summed E-state index contributed by atoms with van der Waals surface area (Å²) in [5.74, 6) is -1.54. The molecule has 0 saturated heterocycles. The molecule has 100 valence electrons. The molecule has 0 aliphatic heterocycles. The van der Waals surface area contributed by atoms with E-state index in [1.165, 1.54) is 28.3 Å². The molecule has 0 spiro atoms. The van der Waals surface area contributed by atoms with Gasteiger partial charge in [-0.1, -0.05) is 18.2 Å². The summed E-state index contributed by atoms with van der Waals surface area (Å²) in [5.41, 5.74) is 0.615. The number of para-hydroxylation sites is 1. The van der Waals surface area contributed by atoms with Crippen molar-refractivity contribution >= 4 is 17.3 Å². The van der Waals surface area contributed by atoms with E-state index in [1.54, 1.807) is 24.3 Å². The van der Waals surface area contributed by atoms with Crippen molar-refractivity contribution in [1.82, 2.24) is 9.78 Å². The van der Waals surface area contributed by atoms with Crippen LogP contribution in [0.2, 0.25) is 0 Å². The van der Waals surface area contributed by atoms with Gasteiger partial charge in [-0.3, -0.25) is 0 Å². The lowest BCUT2D eigenvalue weighted by Crippen LogP contribution is -1.98. The Labute approximate surface area is 117 Å². The fourth-order valence-corrected chi connectivity index (χ4v) is 2.61. The lowest BCUT2D eigenvalue weighted by atomic mass is 10.2. The predicted octanol–water partition coefficient (Wildman–Crippen LogP) is 3.44. The Hall–Kier alpha value is -2.47. The molecule has 3 rings (SSSR count). The second kappa shape index (κ2) is 4.90. The van der Waals surface area contributed by atoms with E-state index < -0.39 is 11.8 Å². The van der Waals surface area contributed by atoms with Crippen molar-refractivity contribution in [2.24, 2.45) is 0 Å². The number of halogens is 1. The zero-order chi connectivity index (χ0) is 14.1. The number of aromatic nitrogens is 2. The molecule has 0 bridgehead atoms. The molecule has 2 heterocycles. The summed E-state index contributed by atoms with van der Waals surface area (Å²) in [7, 11) is 0. The lowest BCUT2D eigenvalue weighted by Gasteiger charge is -2.01. The standard InChI is InChI=1S/C14H9FN2O2S/c15-10-4-1-2-5-11(10)17-8-9(14(18)19)13(16-17)12-6-3-7-20-12/h1-8H,(H,18,19). The largest absolute Gasteiger partial charge is 0.478 e. The molecule has 20 heavy (non-hydrogen) atoms. The summed E-state index contributed by atoms with van der Waals surface area (Å²) in [4.78, 5) is 12.0. The monoisotopic (exact) mass is 288 g/mol. The number of carboxylic acids is 1. The van der Waals surface area contributed by atoms with Gasteiger partial charge in [0.25, 0.3) is 0 Å². The molecule has 2 aromatic heterocycles. The van der Waals surface area contributed by atoms with E-state index in [9.17, 15) is 14.3 Å². The van der Waals surface area contributed by atoms with Gasteiger partial charge >= 0.3 is 5.97 Å². The third-order valence-electron chi connectivity index (χ3n) is 2.80. The van der Waals surface area contributed by atoms with Gasteiger partial charge in [-0.15, -0.1) is 11.3 Å². The average molecular weight is 288 g/mol. The highest BCUT2D eigenvalue weighted by atomic mass is 32.1. The zero-order valence-electron chi connectivity index (χ0n) is 10.2. The quantitative estimate of drug-likeness (QED) is 0.803. The number of rotatable bonds is 3. The summed E-state index contributed by atoms with van der Waals surface area (Å²) in [5, 5.41) is 15.3. The van der Waals surface area contributed by atoms with Crippen molar-refractivity contribution in [3.63, 3.8) is 0 Å². The van der Waals surface area contributed by atoms with Gasteiger partial charge in [0.15, 0.2) is 0 Å². The fourth-order valence-electron chi connectivity index (χ4n) is 1.89. The highest BCUT2D eigenvalue weighted by Crippen LogP contribution is 2.28. The third kappa shape index (κ3) is 2.10. The Morgan fingerprint density at radius 3 is 2.70 bits per heavy atom. The Bertz CT molecular complexity index is 765. The second-order valence-electron chi connectivity index (χ2n) is 4.07. The summed E-state index contributed by atoms with van der Waals surface area (Å²) in [6.07, 6.45) is 1.33. The second-order valence-corrected chi connectivity index (χ2v) is 5.02. The first-order chi connectivity index (χ1) is 9.66. The van der Waals surface area contributed by atoms with Crippen LogP contribution >= 0.6 is 11.3 Å². The Morgan fingerprint density at radius 2 is 2.05 bits per heavy atom. The number of carboxylic acid groups (broad SMARTS) is 1. The van der Waals surface area contributed by atoms with Crippen LogP contribution in [0, 0.1) is 5.82 Å². The number of thiophene rings is 1. The molecular weight excluding hydrogens is 279 g/mol. The van der Waals surface area contributed by atoms with Gasteiger partial charge in [0.1, 0.15) is 22.8 Å². The van der Waals surface area contributed by atoms with E-state index in [0.29, 0.717) is 5.69 Å². The van der Waals surface area contributed by atoms with E-state index in [4.69, 9.17) is 0 Å². The van der Waals surface area contributed by atoms with Crippen LogP contribution in [0.25, 0.3) is 16.3 Å². The van der Waals surface area contributed by atoms with E-state index in [0.717, 1.165) is 4.88 Å². The molecule has 4 nitrogen and oxygen atoms in total. The zero-order valence-corrected chi connectivity index (χ0v) is 11.0. The maximum Gasteiger partial charge on any atom is 0.339 e. The number of carbonyl (C=O) groups is 1. The molecule has 3 aromatic rings. The van der Waals surface area contributed by atoms with Gasteiger partial charge in [-0.2, -0.15) is 5.10 Å². The van der Waals surface area contributed by atoms with Crippen LogP contribution in [-0.4, -0.2) is 20.9 Å². The van der Waals surface area contributed by atoms with Gasteiger partial charge < -0.3 is 5.11 Å². The molecule has 6 heteroatoms. The lowest BCUT2D eigenvalue weighted by molar-refractivity contribution is 0.0697. The van der Waals surface area contributed by atoms with Crippen molar-refractivity contribution in [1.29, 1.82) is 0 Å². The molecule has 0 saturated carbocycles. The molecule has 0 amide bonds. The molecule has 0 unspecified atom stereocenters. The normalized spacial score (nSPS) is 10.7. The minimum Gasteiger partial charge on any atom is -0.478 e. The average Bonchev–Trinajstić information content (AvgIpc) is 3.08. The molecule has 0 atom stereocenters. The number of nitrogens with zero attached hydrogens (tertiary/aromatic N) is 2. The van der Waals surface area contributed by atoms with Crippen LogP contribution in [0.4, 0.5) is 4.39 Å². The fraction of sp³-hybridized carbons (Fsp3) is 0. The van der Waals surface area contributed by atoms with Crippen molar-refractivity contribution in [3.05, 3.63) is 59.4 Å². The number of hydrogen-bond acceptors (Lipinski definition) is 3. The van der Waals surface area contributed by atoms with E-state index >= 15 is 0 Å². The highest BCUT2D eigenvalue weighted by Gasteiger charge is 2.19. The maximum atomic E-state index is 13.8. The Kier molecular flexibility index (Phi) is 3.08. The Morgan fingerprint density at radius 1 is 1.25 bits per heavy atom. The van der Waals surface area contributed by atoms with Crippen molar-refractivity contribution in [2.45, 2.75) is 0 Å². The highest BCUT2D eigenvalue weighted by molar-refractivity contribution is 7.13. The van der Waals surface area contributed by atoms with Crippen LogP contribution in [0.5, 0.6) is 0 Å². The van der Waals surface area contributed by atoms with Gasteiger partial charge in [0, 0.05) is 6.20 Å². The molecule has 1 N–H and O–H groups in total. The van der Waals surface area contributed by atoms with Crippen LogP contribution in [0.1, 0.15) is 10.4 Å². The predicted molar refractivity (Wildman–Crippen MR) is 73.8 cm³/mol. The van der Waals surface area contributed by atoms with Crippen LogP contribution in [0.15, 0.2) is 48.0 Å². The molecular formula is C14H9FN2O2S. The first-order valence-electron chi connectivity index (χ1n) is 5.78. The van der Waals surface area contributed by atoms with Crippen molar-refractivity contribution in [2.75, 3.05) is 0 Å². The molecule has 0 fully saturated rings. The first-order valence-corrected chi connectivity index (χ1v) is 6.66. The SMILES string of the molecule is O=C(O)c1cn(-c2ccccc2F)nc1-c1cccs1. The minimum atomic E-state index is -1.09. The molecule has 0 radical (unpaired) electrons. The number of benzene rings is 1. The summed E-state index contributed by atoms with van der Waals surface area (Å²) >= 11 is 1.39. The first kappa shape index (κ1) is 12.6. The topological polar surface area (TPSA) is 55.1 Å². The smallest absolute Gasteiger partial charge is 0.339 e. The summed E-state index contributed by atoms with van der Waals surface area (Å²) in [6.45, 7) is 0. The van der Waals surface area contributed by atoms with Crippen LogP contribution < -0.4 is 0 Å². The molecule has 0 aliphatic carbocycles. The van der Waals surface area contributed by atoms with Gasteiger partial charge in [0.2, 0.25) is 0 Å². The number of aromatic carboxylic acids is 1. The van der Waals surface area contributed by atoms with Crippen LogP contribution in [-0.2, 0) is 0 Å². The summed E-state index contributed by atoms with van der Waals surface area (Å²) in [6, 6.07) is 9.69. The van der Waals surface area contributed by atoms with E-state index in [1.807, 2.05) is 11.4 Å². The molecule has 0 aliphatic rings. The van der Waals surface area contributed by atoms with Gasteiger partial charge in [-0.05, 0) is 23.6 Å². The molecule has 1 aromatic carbocycles. The van der Waals surface area contributed by atoms with Crippen molar-refractivity contribution in [3.8, 4) is 16.3 Å². The number of hydrogen-bond donors (Lipinski definition) is 1. The Balaban J connectivity index is 2.18. The summed E-state index contributed by atoms with van der Waals surface area (Å²) < 4.78 is 15.0. The van der Waals surface area contributed by atoms with Crippen molar-refractivity contribution < 1.29 is 14.3 Å². The minimum absolute atomic E-state index is 0.0516. The van der Waals surface area contributed by atoms with E-state index in [2.05, 4.69) is 5.10 Å². The van der Waals surface area contributed by atoms with E-state index in [-0.39, 0.29) is 11.3 Å². The third-order valence-corrected chi connectivity index (χ3v) is 3.68. The van der Waals surface area contributed by atoms with Crippen LogP contribution in [0.3, 0.4) is 0 Å². The maximum absolute atomic E-state index is 13.8. The van der Waals surface area contributed by atoms with Gasteiger partial charge in [-0.25, -0.2) is 13.9 Å².